The van der Waals surface area contributed by atoms with Gasteiger partial charge in [0.25, 0.3) is 5.91 Å². The van der Waals surface area contributed by atoms with E-state index in [0.717, 1.165) is 12.8 Å². The Morgan fingerprint density at radius 2 is 2.41 bits per heavy atom. The molecular formula is C12H17N3O2. The van der Waals surface area contributed by atoms with E-state index in [4.69, 9.17) is 5.73 Å². The molecule has 1 aromatic rings. The van der Waals surface area contributed by atoms with Gasteiger partial charge in [-0.1, -0.05) is 0 Å². The highest BCUT2D eigenvalue weighted by molar-refractivity contribution is 5.95. The number of nitrogens with zero attached hydrogens (tertiary/aromatic N) is 1. The quantitative estimate of drug-likeness (QED) is 0.714. The summed E-state index contributed by atoms with van der Waals surface area (Å²) in [6.45, 7) is 2.32. The highest BCUT2D eigenvalue weighted by atomic mass is 16.3. The van der Waals surface area contributed by atoms with Crippen LogP contribution in [0, 0.1) is 5.92 Å². The van der Waals surface area contributed by atoms with Gasteiger partial charge in [0.2, 0.25) is 0 Å². The average molecular weight is 235 g/mol. The third kappa shape index (κ3) is 2.39. The maximum Gasteiger partial charge on any atom is 0.274 e. The number of aromatic hydroxyl groups is 1. The number of amides is 1. The molecule has 0 radical (unpaired) electrons. The molecule has 2 rings (SSSR count). The van der Waals surface area contributed by atoms with Gasteiger partial charge >= 0.3 is 0 Å². The van der Waals surface area contributed by atoms with Crippen molar-refractivity contribution in [3.63, 3.8) is 0 Å². The van der Waals surface area contributed by atoms with Crippen molar-refractivity contribution < 1.29 is 9.90 Å². The van der Waals surface area contributed by atoms with Crippen LogP contribution in [-0.4, -0.2) is 28.1 Å². The Kier molecular flexibility index (Phi) is 3.02. The van der Waals surface area contributed by atoms with Crippen molar-refractivity contribution in [2.45, 2.75) is 25.3 Å². The van der Waals surface area contributed by atoms with Crippen LogP contribution in [-0.2, 0) is 0 Å². The van der Waals surface area contributed by atoms with Gasteiger partial charge in [0.1, 0.15) is 5.75 Å². The van der Waals surface area contributed by atoms with E-state index in [0.29, 0.717) is 12.5 Å². The Bertz CT molecular complexity index is 432. The monoisotopic (exact) mass is 235 g/mol. The van der Waals surface area contributed by atoms with Crippen LogP contribution in [0.2, 0.25) is 0 Å². The van der Waals surface area contributed by atoms with Crippen LogP contribution < -0.4 is 11.1 Å². The van der Waals surface area contributed by atoms with Crippen LogP contribution >= 0.6 is 0 Å². The fourth-order valence-electron chi connectivity index (χ4n) is 1.93. The molecule has 4 N–H and O–H groups in total. The van der Waals surface area contributed by atoms with Crippen molar-refractivity contribution in [2.24, 2.45) is 11.7 Å². The Hall–Kier alpha value is -1.62. The summed E-state index contributed by atoms with van der Waals surface area (Å²) in [5, 5.41) is 12.4. The number of nitrogens with two attached hydrogens (primary N) is 1. The van der Waals surface area contributed by atoms with Crippen LogP contribution in [0.5, 0.6) is 5.75 Å². The molecule has 0 aromatic carbocycles. The molecule has 0 bridgehead atoms. The Balaban J connectivity index is 2.13. The number of carbonyl (C=O) groups excluding carboxylic acids is 1. The Labute approximate surface area is 100 Å². The van der Waals surface area contributed by atoms with Gasteiger partial charge < -0.3 is 16.2 Å². The molecule has 1 amide bonds. The summed E-state index contributed by atoms with van der Waals surface area (Å²) in [6, 6.07) is 3.02. The predicted octanol–water partition coefficient (Wildman–Crippen LogP) is 0.644. The second kappa shape index (κ2) is 4.33. The van der Waals surface area contributed by atoms with Crippen LogP contribution in [0.4, 0.5) is 0 Å². The number of nitrogens with one attached hydrogen (secondary N) is 1. The summed E-state index contributed by atoms with van der Waals surface area (Å²) in [7, 11) is 0. The third-order valence-corrected chi connectivity index (χ3v) is 3.30. The highest BCUT2D eigenvalue weighted by Crippen LogP contribution is 2.39. The minimum absolute atomic E-state index is 0.0489. The minimum atomic E-state index is -0.402. The molecule has 1 saturated carbocycles. The number of hydrogen-bond donors (Lipinski definition) is 3. The van der Waals surface area contributed by atoms with Crippen molar-refractivity contribution in [3.05, 3.63) is 24.0 Å². The van der Waals surface area contributed by atoms with Crippen LogP contribution in [0.1, 0.15) is 30.3 Å². The van der Waals surface area contributed by atoms with Gasteiger partial charge in [0.05, 0.1) is 5.54 Å². The summed E-state index contributed by atoms with van der Waals surface area (Å²) >= 11 is 0. The van der Waals surface area contributed by atoms with E-state index in [1.807, 2.05) is 6.92 Å². The molecule has 0 saturated heterocycles. The molecule has 92 valence electrons. The molecule has 1 aromatic heterocycles. The van der Waals surface area contributed by atoms with Crippen molar-refractivity contribution in [2.75, 3.05) is 6.54 Å². The third-order valence-electron chi connectivity index (χ3n) is 3.30. The van der Waals surface area contributed by atoms with E-state index < -0.39 is 5.54 Å². The largest absolute Gasteiger partial charge is 0.505 e. The maximum atomic E-state index is 12.0. The average Bonchev–Trinajstić information content (AvgIpc) is 3.13. The van der Waals surface area contributed by atoms with Gasteiger partial charge in [-0.3, -0.25) is 4.79 Å². The number of carbonyl (C=O) groups is 1. The SMILES string of the molecule is CC(CN)(NC(=O)c1ncccc1O)C1CC1. The summed E-state index contributed by atoms with van der Waals surface area (Å²) < 4.78 is 0. The molecule has 0 spiro atoms. The minimum Gasteiger partial charge on any atom is -0.505 e. The van der Waals surface area contributed by atoms with Gasteiger partial charge in [0, 0.05) is 12.7 Å². The van der Waals surface area contributed by atoms with Gasteiger partial charge in [-0.05, 0) is 37.8 Å². The standard InChI is InChI=1S/C12H17N3O2/c1-12(7-13,8-4-5-8)15-11(17)10-9(16)3-2-6-14-10/h2-3,6,8,16H,4-5,7,13H2,1H3,(H,15,17). The molecule has 5 nitrogen and oxygen atoms in total. The van der Waals surface area contributed by atoms with Crippen molar-refractivity contribution in [1.29, 1.82) is 0 Å². The molecule has 0 aliphatic heterocycles. The van der Waals surface area contributed by atoms with Crippen molar-refractivity contribution >= 4 is 5.91 Å². The molecule has 1 heterocycles. The Morgan fingerprint density at radius 3 is 2.94 bits per heavy atom. The number of rotatable bonds is 4. The molecular weight excluding hydrogens is 218 g/mol. The van der Waals surface area contributed by atoms with E-state index in [1.165, 1.54) is 12.3 Å². The summed E-state index contributed by atoms with van der Waals surface area (Å²) in [4.78, 5) is 15.9. The summed E-state index contributed by atoms with van der Waals surface area (Å²) in [5.41, 5.74) is 5.36. The maximum absolute atomic E-state index is 12.0. The van der Waals surface area contributed by atoms with Gasteiger partial charge in [-0.25, -0.2) is 4.98 Å². The number of pyridine rings is 1. The van der Waals surface area contributed by atoms with E-state index in [-0.39, 0.29) is 17.4 Å². The lowest BCUT2D eigenvalue weighted by atomic mass is 9.95. The van der Waals surface area contributed by atoms with Gasteiger partial charge in [-0.2, -0.15) is 0 Å². The first-order chi connectivity index (χ1) is 8.07. The van der Waals surface area contributed by atoms with Crippen LogP contribution in [0.3, 0.4) is 0 Å². The lowest BCUT2D eigenvalue weighted by Crippen LogP contribution is -2.53. The number of hydrogen-bond acceptors (Lipinski definition) is 4. The van der Waals surface area contributed by atoms with E-state index >= 15 is 0 Å². The predicted molar refractivity (Wildman–Crippen MR) is 63.6 cm³/mol. The van der Waals surface area contributed by atoms with E-state index in [2.05, 4.69) is 10.3 Å². The smallest absolute Gasteiger partial charge is 0.274 e. The zero-order valence-corrected chi connectivity index (χ0v) is 9.81. The number of aromatic nitrogens is 1. The van der Waals surface area contributed by atoms with Gasteiger partial charge in [-0.15, -0.1) is 0 Å². The highest BCUT2D eigenvalue weighted by Gasteiger charge is 2.42. The van der Waals surface area contributed by atoms with Crippen molar-refractivity contribution in [1.82, 2.24) is 10.3 Å². The molecule has 1 aliphatic carbocycles. The van der Waals surface area contributed by atoms with Gasteiger partial charge in [0.15, 0.2) is 5.69 Å². The fourth-order valence-corrected chi connectivity index (χ4v) is 1.93. The molecule has 5 heteroatoms. The van der Waals surface area contributed by atoms with E-state index in [9.17, 15) is 9.90 Å². The molecule has 1 atom stereocenters. The Morgan fingerprint density at radius 1 is 1.71 bits per heavy atom. The summed E-state index contributed by atoms with van der Waals surface area (Å²) in [6.07, 6.45) is 3.65. The molecule has 1 aliphatic rings. The van der Waals surface area contributed by atoms with Crippen molar-refractivity contribution in [3.8, 4) is 5.75 Å². The normalized spacial score (nSPS) is 18.5. The second-order valence-electron chi connectivity index (χ2n) is 4.72. The first-order valence-corrected chi connectivity index (χ1v) is 5.73. The van der Waals surface area contributed by atoms with Crippen LogP contribution in [0.15, 0.2) is 18.3 Å². The lowest BCUT2D eigenvalue weighted by Gasteiger charge is -2.29. The zero-order chi connectivity index (χ0) is 12.5. The lowest BCUT2D eigenvalue weighted by molar-refractivity contribution is 0.0889. The topological polar surface area (TPSA) is 88.2 Å². The molecule has 1 fully saturated rings. The molecule has 1 unspecified atom stereocenters. The zero-order valence-electron chi connectivity index (χ0n) is 9.81. The van der Waals surface area contributed by atoms with Crippen LogP contribution in [0.25, 0.3) is 0 Å². The second-order valence-corrected chi connectivity index (χ2v) is 4.72. The summed E-state index contributed by atoms with van der Waals surface area (Å²) in [5.74, 6) is -0.0505. The fraction of sp³-hybridized carbons (Fsp3) is 0.500. The first kappa shape index (κ1) is 11.9. The molecule has 17 heavy (non-hydrogen) atoms. The van der Waals surface area contributed by atoms with E-state index in [1.54, 1.807) is 6.07 Å². The first-order valence-electron chi connectivity index (χ1n) is 5.73.